The fraction of sp³-hybridized carbons (Fsp3) is 0.727. The average Bonchev–Trinajstić information content (AvgIpc) is 3.18. The van der Waals surface area contributed by atoms with Crippen LogP contribution in [0, 0.1) is 0 Å². The number of carbonyl (C=O) groups excluding carboxylic acids is 2. The molecule has 0 aromatic carbocycles. The molecule has 56 heavy (non-hydrogen) atoms. The van der Waals surface area contributed by atoms with Crippen LogP contribution in [0.5, 0.6) is 0 Å². The highest BCUT2D eigenvalue weighted by atomic mass is 31.2. The van der Waals surface area contributed by atoms with Crippen molar-refractivity contribution in [3.63, 3.8) is 0 Å². The molecule has 0 radical (unpaired) electrons. The van der Waals surface area contributed by atoms with E-state index < -0.39 is 57.9 Å². The van der Waals surface area contributed by atoms with Gasteiger partial charge in [-0.05, 0) is 64.2 Å². The molecule has 0 aliphatic rings. The molecule has 0 rings (SSSR count). The predicted octanol–water partition coefficient (Wildman–Crippen LogP) is 10.1. The van der Waals surface area contributed by atoms with Crippen molar-refractivity contribution in [3.05, 3.63) is 60.8 Å². The number of ether oxygens (including phenoxy) is 2. The van der Waals surface area contributed by atoms with Gasteiger partial charge in [0.15, 0.2) is 6.10 Å². The quantitative estimate of drug-likeness (QED) is 0.0153. The summed E-state index contributed by atoms with van der Waals surface area (Å²) in [5, 5.41) is 28.2. The van der Waals surface area contributed by atoms with Gasteiger partial charge in [0.05, 0.1) is 25.9 Å². The molecule has 0 aliphatic carbocycles. The topological polar surface area (TPSA) is 169 Å². The van der Waals surface area contributed by atoms with Crippen LogP contribution in [0.3, 0.4) is 0 Å². The summed E-state index contributed by atoms with van der Waals surface area (Å²) in [6.45, 7) is 2.15. The van der Waals surface area contributed by atoms with E-state index in [-0.39, 0.29) is 19.4 Å². The van der Waals surface area contributed by atoms with Gasteiger partial charge >= 0.3 is 19.8 Å². The van der Waals surface area contributed by atoms with Crippen LogP contribution in [0.1, 0.15) is 162 Å². The van der Waals surface area contributed by atoms with Gasteiger partial charge in [-0.2, -0.15) is 0 Å². The van der Waals surface area contributed by atoms with E-state index in [1.165, 1.54) is 38.5 Å². The first-order valence-electron chi connectivity index (χ1n) is 21.4. The molecule has 0 saturated heterocycles. The number of esters is 2. The number of aliphatic hydroxyl groups excluding tert-OH is 3. The van der Waals surface area contributed by atoms with Gasteiger partial charge in [-0.15, -0.1) is 0 Å². The Morgan fingerprint density at radius 2 is 1.14 bits per heavy atom. The lowest BCUT2D eigenvalue weighted by Crippen LogP contribution is -2.29. The number of phosphoric ester groups is 1. The SMILES string of the molecule is CCCCCCCC/C=C\CCCCCCCC(=O)OC[C@H](COP(=O)(O)OC[C@@H](O)CO)OC(=O)CCC/C=C\C/C=C\C/C=C\C=C\[C@@H](O)CCCCC. The number of hydrogen-bond acceptors (Lipinski definition) is 10. The standard InChI is InChI=1S/C44H77O11P/c1-3-5-7-8-9-10-11-12-13-14-17-20-23-26-30-34-43(48)52-38-42(39-54-56(50,51)53-37-41(47)36-45)55-44(49)35-31-27-24-21-18-15-16-19-22-25-29-33-40(46)32-28-6-4-2/h12-13,15-16,21-22,24-25,29,33,40-42,45-47H,3-11,14,17-20,23,26-28,30-32,34-39H2,1-2H3,(H,50,51)/b13-12-,16-15-,24-21-,25-22-,33-29+/t40-,41-,42+/m0/s1. The van der Waals surface area contributed by atoms with Crippen LogP contribution in [-0.4, -0.2) is 76.9 Å². The van der Waals surface area contributed by atoms with Crippen molar-refractivity contribution in [2.75, 3.05) is 26.4 Å². The molecule has 324 valence electrons. The van der Waals surface area contributed by atoms with Crippen molar-refractivity contribution in [1.82, 2.24) is 0 Å². The van der Waals surface area contributed by atoms with Crippen LogP contribution in [-0.2, 0) is 32.7 Å². The average molecular weight is 813 g/mol. The maximum absolute atomic E-state index is 12.6. The van der Waals surface area contributed by atoms with Gasteiger partial charge in [0.2, 0.25) is 0 Å². The molecule has 0 fully saturated rings. The van der Waals surface area contributed by atoms with E-state index in [9.17, 15) is 29.3 Å². The van der Waals surface area contributed by atoms with Gasteiger partial charge in [-0.1, -0.05) is 145 Å². The van der Waals surface area contributed by atoms with Crippen LogP contribution < -0.4 is 0 Å². The molecular weight excluding hydrogens is 735 g/mol. The zero-order chi connectivity index (χ0) is 41.4. The van der Waals surface area contributed by atoms with Crippen molar-refractivity contribution >= 4 is 19.8 Å². The second-order valence-corrected chi connectivity index (χ2v) is 15.7. The Labute approximate surface area is 338 Å². The maximum Gasteiger partial charge on any atom is 0.472 e. The summed E-state index contributed by atoms with van der Waals surface area (Å²) in [7, 11) is -4.65. The van der Waals surface area contributed by atoms with Gasteiger partial charge in [-0.25, -0.2) is 4.57 Å². The number of aliphatic hydroxyl groups is 3. The van der Waals surface area contributed by atoms with Crippen molar-refractivity contribution in [2.24, 2.45) is 0 Å². The van der Waals surface area contributed by atoms with Crippen LogP contribution in [0.4, 0.5) is 0 Å². The Balaban J connectivity index is 4.47. The molecule has 0 aliphatic heterocycles. The molecule has 12 heteroatoms. The smallest absolute Gasteiger partial charge is 0.462 e. The highest BCUT2D eigenvalue weighted by Crippen LogP contribution is 2.43. The molecule has 0 aromatic heterocycles. The van der Waals surface area contributed by atoms with E-state index in [0.29, 0.717) is 19.3 Å². The second-order valence-electron chi connectivity index (χ2n) is 14.2. The monoisotopic (exact) mass is 813 g/mol. The van der Waals surface area contributed by atoms with E-state index in [4.69, 9.17) is 19.1 Å². The molecule has 0 bridgehead atoms. The molecule has 0 aromatic rings. The van der Waals surface area contributed by atoms with Gasteiger partial charge in [-0.3, -0.25) is 18.6 Å². The minimum atomic E-state index is -4.65. The fourth-order valence-electron chi connectivity index (χ4n) is 5.38. The number of allylic oxidation sites excluding steroid dienone is 9. The van der Waals surface area contributed by atoms with Crippen molar-refractivity contribution in [1.29, 1.82) is 0 Å². The summed E-state index contributed by atoms with van der Waals surface area (Å²) < 4.78 is 32.6. The number of unbranched alkanes of at least 4 members (excludes halogenated alkanes) is 14. The molecule has 1 unspecified atom stereocenters. The lowest BCUT2D eigenvalue weighted by atomic mass is 10.1. The summed E-state index contributed by atoms with van der Waals surface area (Å²) in [5.74, 6) is -1.03. The molecule has 4 N–H and O–H groups in total. The van der Waals surface area contributed by atoms with E-state index in [1.54, 1.807) is 0 Å². The molecule has 11 nitrogen and oxygen atoms in total. The number of carbonyl (C=O) groups is 2. The molecule has 0 saturated carbocycles. The summed E-state index contributed by atoms with van der Waals surface area (Å²) in [6, 6.07) is 0. The third kappa shape index (κ3) is 38.5. The first-order valence-corrected chi connectivity index (χ1v) is 22.8. The Hall–Kier alpha value is -2.37. The number of rotatable bonds is 39. The van der Waals surface area contributed by atoms with Gasteiger partial charge < -0.3 is 29.7 Å². The van der Waals surface area contributed by atoms with Gasteiger partial charge in [0, 0.05) is 12.8 Å². The van der Waals surface area contributed by atoms with E-state index in [1.807, 2.05) is 36.5 Å². The zero-order valence-corrected chi connectivity index (χ0v) is 35.6. The minimum Gasteiger partial charge on any atom is -0.462 e. The van der Waals surface area contributed by atoms with Crippen molar-refractivity contribution < 1.29 is 52.9 Å². The molecule has 0 heterocycles. The highest BCUT2D eigenvalue weighted by molar-refractivity contribution is 7.47. The van der Waals surface area contributed by atoms with Gasteiger partial charge in [0.1, 0.15) is 12.7 Å². The van der Waals surface area contributed by atoms with E-state index in [2.05, 4.69) is 42.7 Å². The predicted molar refractivity (Wildman–Crippen MR) is 225 cm³/mol. The zero-order valence-electron chi connectivity index (χ0n) is 34.7. The third-order valence-electron chi connectivity index (χ3n) is 8.75. The lowest BCUT2D eigenvalue weighted by Gasteiger charge is -2.20. The molecule has 4 atom stereocenters. The highest BCUT2D eigenvalue weighted by Gasteiger charge is 2.27. The molecular formula is C44H77O11P. The first kappa shape index (κ1) is 53.6. The Morgan fingerprint density at radius 1 is 0.607 bits per heavy atom. The number of phosphoric acid groups is 1. The number of hydrogen-bond donors (Lipinski definition) is 4. The van der Waals surface area contributed by atoms with Crippen LogP contribution in [0.2, 0.25) is 0 Å². The van der Waals surface area contributed by atoms with Crippen molar-refractivity contribution in [2.45, 2.75) is 180 Å². The largest absolute Gasteiger partial charge is 0.472 e. The maximum atomic E-state index is 12.6. The second kappa shape index (κ2) is 39.5. The summed E-state index contributed by atoms with van der Waals surface area (Å²) in [6.07, 6.45) is 39.4. The van der Waals surface area contributed by atoms with Crippen LogP contribution in [0.25, 0.3) is 0 Å². The summed E-state index contributed by atoms with van der Waals surface area (Å²) in [4.78, 5) is 34.9. The summed E-state index contributed by atoms with van der Waals surface area (Å²) in [5.41, 5.74) is 0. The van der Waals surface area contributed by atoms with Crippen LogP contribution in [0.15, 0.2) is 60.8 Å². The first-order chi connectivity index (χ1) is 27.1. The van der Waals surface area contributed by atoms with Crippen molar-refractivity contribution in [3.8, 4) is 0 Å². The lowest BCUT2D eigenvalue weighted by molar-refractivity contribution is -0.161. The Morgan fingerprint density at radius 3 is 1.82 bits per heavy atom. The normalized spacial score (nSPS) is 15.0. The van der Waals surface area contributed by atoms with Crippen LogP contribution >= 0.6 is 7.82 Å². The summed E-state index contributed by atoms with van der Waals surface area (Å²) >= 11 is 0. The Kier molecular flexibility index (Phi) is 37.8. The van der Waals surface area contributed by atoms with Gasteiger partial charge in [0.25, 0.3) is 0 Å². The fourth-order valence-corrected chi connectivity index (χ4v) is 6.17. The molecule has 0 amide bonds. The van der Waals surface area contributed by atoms with E-state index in [0.717, 1.165) is 77.0 Å². The molecule has 0 spiro atoms. The van der Waals surface area contributed by atoms with E-state index >= 15 is 0 Å². The minimum absolute atomic E-state index is 0.0845. The Bertz CT molecular complexity index is 1130. The third-order valence-corrected chi connectivity index (χ3v) is 9.70.